The first-order valence-electron chi connectivity index (χ1n) is 8.45. The molecule has 28 heavy (non-hydrogen) atoms. The highest BCUT2D eigenvalue weighted by atomic mass is 19.1. The normalized spacial score (nSPS) is 10.9. The van der Waals surface area contributed by atoms with Crippen molar-refractivity contribution in [3.05, 3.63) is 71.9 Å². The first-order valence-corrected chi connectivity index (χ1v) is 8.45. The van der Waals surface area contributed by atoms with E-state index in [2.05, 4.69) is 15.0 Å². The second kappa shape index (κ2) is 6.70. The maximum absolute atomic E-state index is 13.4. The molecular weight excluding hydrogens is 359 g/mol. The lowest BCUT2D eigenvalue weighted by molar-refractivity contribution is 0.0698. The molecule has 0 amide bonds. The van der Waals surface area contributed by atoms with Crippen LogP contribution in [0.4, 0.5) is 10.2 Å². The van der Waals surface area contributed by atoms with Crippen LogP contribution in [-0.2, 0) is 0 Å². The van der Waals surface area contributed by atoms with Crippen molar-refractivity contribution in [2.75, 3.05) is 5.73 Å². The Hall–Kier alpha value is -3.87. The Morgan fingerprint density at radius 3 is 2.46 bits per heavy atom. The fourth-order valence-corrected chi connectivity index (χ4v) is 3.10. The fourth-order valence-electron chi connectivity index (χ4n) is 3.10. The molecular formula is C21H15FN4O2. The molecule has 0 unspecified atom stereocenters. The molecule has 0 aliphatic heterocycles. The quantitative estimate of drug-likeness (QED) is 0.560. The van der Waals surface area contributed by atoms with E-state index in [0.29, 0.717) is 16.8 Å². The Kier molecular flexibility index (Phi) is 4.19. The molecule has 138 valence electrons. The fraction of sp³-hybridized carbons (Fsp3) is 0.0476. The number of carboxylic acids is 1. The molecule has 0 aliphatic carbocycles. The number of nitrogens with two attached hydrogens (primary N) is 1. The molecule has 6 nitrogen and oxygen atoms in total. The number of halogens is 1. The van der Waals surface area contributed by atoms with Gasteiger partial charge in [-0.05, 0) is 55.0 Å². The average molecular weight is 374 g/mol. The number of aryl methyl sites for hydroxylation is 1. The Labute approximate surface area is 159 Å². The molecule has 7 heteroatoms. The van der Waals surface area contributed by atoms with Crippen LogP contribution in [0.25, 0.3) is 33.3 Å². The number of hydrogen-bond acceptors (Lipinski definition) is 5. The number of nitrogens with zero attached hydrogens (tertiary/aromatic N) is 3. The van der Waals surface area contributed by atoms with E-state index in [1.54, 1.807) is 12.1 Å². The number of aromatic nitrogens is 3. The first-order chi connectivity index (χ1) is 13.4. The van der Waals surface area contributed by atoms with Gasteiger partial charge in [0.25, 0.3) is 0 Å². The van der Waals surface area contributed by atoms with Gasteiger partial charge in [-0.25, -0.2) is 24.1 Å². The van der Waals surface area contributed by atoms with Crippen molar-refractivity contribution >= 4 is 22.7 Å². The highest BCUT2D eigenvalue weighted by molar-refractivity contribution is 5.97. The van der Waals surface area contributed by atoms with Gasteiger partial charge in [0.05, 0.1) is 11.2 Å². The molecule has 0 aliphatic rings. The van der Waals surface area contributed by atoms with E-state index in [9.17, 15) is 14.3 Å². The second-order valence-corrected chi connectivity index (χ2v) is 6.32. The molecule has 0 bridgehead atoms. The summed E-state index contributed by atoms with van der Waals surface area (Å²) in [5.74, 6) is -1.65. The third-order valence-corrected chi connectivity index (χ3v) is 4.55. The average Bonchev–Trinajstić information content (AvgIpc) is 2.68. The molecule has 4 rings (SSSR count). The van der Waals surface area contributed by atoms with Crippen molar-refractivity contribution in [2.45, 2.75) is 6.92 Å². The molecule has 2 aromatic carbocycles. The number of pyridine rings is 1. The summed E-state index contributed by atoms with van der Waals surface area (Å²) >= 11 is 0. The van der Waals surface area contributed by atoms with Gasteiger partial charge in [-0.2, -0.15) is 0 Å². The minimum absolute atomic E-state index is 0.0954. The largest absolute Gasteiger partial charge is 0.478 e. The summed E-state index contributed by atoms with van der Waals surface area (Å²) < 4.78 is 13.4. The van der Waals surface area contributed by atoms with Crippen LogP contribution >= 0.6 is 0 Å². The van der Waals surface area contributed by atoms with Gasteiger partial charge in [-0.15, -0.1) is 0 Å². The van der Waals surface area contributed by atoms with Crippen molar-refractivity contribution in [1.29, 1.82) is 0 Å². The number of anilines is 1. The van der Waals surface area contributed by atoms with E-state index in [-0.39, 0.29) is 17.2 Å². The molecule has 0 saturated heterocycles. The topological polar surface area (TPSA) is 102 Å². The zero-order valence-electron chi connectivity index (χ0n) is 14.8. The molecule has 0 saturated carbocycles. The van der Waals surface area contributed by atoms with Gasteiger partial charge in [0.15, 0.2) is 0 Å². The van der Waals surface area contributed by atoms with Gasteiger partial charge in [-0.1, -0.05) is 6.07 Å². The maximum Gasteiger partial charge on any atom is 0.339 e. The molecule has 0 fully saturated rings. The lowest BCUT2D eigenvalue weighted by Crippen LogP contribution is -2.06. The molecule has 0 spiro atoms. The van der Waals surface area contributed by atoms with Crippen LogP contribution < -0.4 is 5.73 Å². The lowest BCUT2D eigenvalue weighted by Gasteiger charge is -2.13. The summed E-state index contributed by atoms with van der Waals surface area (Å²) in [5.41, 5.74) is 9.76. The Morgan fingerprint density at radius 1 is 1.04 bits per heavy atom. The molecule has 3 N–H and O–H groups in total. The Morgan fingerprint density at radius 2 is 1.75 bits per heavy atom. The molecule has 2 heterocycles. The minimum atomic E-state index is -1.17. The van der Waals surface area contributed by atoms with Gasteiger partial charge in [-0.3, -0.25) is 0 Å². The third-order valence-electron chi connectivity index (χ3n) is 4.55. The van der Waals surface area contributed by atoms with Gasteiger partial charge in [0.1, 0.15) is 23.5 Å². The molecule has 2 aromatic heterocycles. The number of hydrogen-bond donors (Lipinski definition) is 2. The predicted octanol–water partition coefficient (Wildman–Crippen LogP) is 4.09. The first kappa shape index (κ1) is 17.5. The van der Waals surface area contributed by atoms with Gasteiger partial charge in [0, 0.05) is 22.2 Å². The summed E-state index contributed by atoms with van der Waals surface area (Å²) in [6.45, 7) is 1.87. The maximum atomic E-state index is 13.4. The van der Waals surface area contributed by atoms with Crippen molar-refractivity contribution in [1.82, 2.24) is 15.0 Å². The van der Waals surface area contributed by atoms with E-state index in [1.807, 2.05) is 25.1 Å². The minimum Gasteiger partial charge on any atom is -0.478 e. The number of nitrogen functional groups attached to an aromatic ring is 1. The van der Waals surface area contributed by atoms with Gasteiger partial charge < -0.3 is 10.8 Å². The molecule has 4 aromatic rings. The van der Waals surface area contributed by atoms with E-state index in [4.69, 9.17) is 5.73 Å². The molecule has 0 radical (unpaired) electrons. The highest BCUT2D eigenvalue weighted by Gasteiger charge is 2.18. The summed E-state index contributed by atoms with van der Waals surface area (Å²) in [6, 6.07) is 12.8. The van der Waals surface area contributed by atoms with E-state index in [1.165, 1.54) is 24.5 Å². The van der Waals surface area contributed by atoms with Gasteiger partial charge >= 0.3 is 5.97 Å². The van der Waals surface area contributed by atoms with Crippen molar-refractivity contribution < 1.29 is 14.3 Å². The van der Waals surface area contributed by atoms with E-state index >= 15 is 0 Å². The van der Waals surface area contributed by atoms with Crippen molar-refractivity contribution in [3.63, 3.8) is 0 Å². The SMILES string of the molecule is Cc1ncnc2ccc(-c3cc(C(=O)O)c(N)nc3-c3ccc(F)cc3)cc12. The van der Waals surface area contributed by atoms with Crippen LogP contribution in [0.1, 0.15) is 16.1 Å². The van der Waals surface area contributed by atoms with Gasteiger partial charge in [0.2, 0.25) is 0 Å². The summed E-state index contributed by atoms with van der Waals surface area (Å²) in [5, 5.41) is 10.3. The number of carboxylic acid groups (broad SMARTS) is 1. The van der Waals surface area contributed by atoms with E-state index in [0.717, 1.165) is 22.2 Å². The number of carbonyl (C=O) groups is 1. The number of aromatic carboxylic acids is 1. The smallest absolute Gasteiger partial charge is 0.339 e. The van der Waals surface area contributed by atoms with Crippen LogP contribution in [0.3, 0.4) is 0 Å². The Bertz CT molecular complexity index is 1220. The summed E-state index contributed by atoms with van der Waals surface area (Å²) in [7, 11) is 0. The number of fused-ring (bicyclic) bond motifs is 1. The molecule has 0 atom stereocenters. The zero-order valence-corrected chi connectivity index (χ0v) is 14.8. The number of benzene rings is 2. The monoisotopic (exact) mass is 374 g/mol. The summed E-state index contributed by atoms with van der Waals surface area (Å²) in [6.07, 6.45) is 1.49. The Balaban J connectivity index is 2.01. The lowest BCUT2D eigenvalue weighted by atomic mass is 9.96. The highest BCUT2D eigenvalue weighted by Crippen LogP contribution is 2.34. The second-order valence-electron chi connectivity index (χ2n) is 6.32. The van der Waals surface area contributed by atoms with Crippen LogP contribution in [0.2, 0.25) is 0 Å². The van der Waals surface area contributed by atoms with Crippen LogP contribution in [0.15, 0.2) is 54.9 Å². The zero-order chi connectivity index (χ0) is 19.8. The van der Waals surface area contributed by atoms with Crippen LogP contribution in [-0.4, -0.2) is 26.0 Å². The predicted molar refractivity (Wildman–Crippen MR) is 104 cm³/mol. The number of rotatable bonds is 3. The van der Waals surface area contributed by atoms with Crippen molar-refractivity contribution in [3.8, 4) is 22.4 Å². The van der Waals surface area contributed by atoms with Crippen molar-refractivity contribution in [2.24, 2.45) is 0 Å². The summed E-state index contributed by atoms with van der Waals surface area (Å²) in [4.78, 5) is 24.3. The van der Waals surface area contributed by atoms with E-state index < -0.39 is 5.97 Å². The third kappa shape index (κ3) is 3.03. The standard InChI is InChI=1S/C21H15FN4O2/c1-11-15-8-13(4-7-18(15)25-10-24-11)16-9-17(21(27)28)20(23)26-19(16)12-2-5-14(22)6-3-12/h2-10H,1H3,(H2,23,26)(H,27,28). The van der Waals surface area contributed by atoms with Crippen LogP contribution in [0.5, 0.6) is 0 Å². The van der Waals surface area contributed by atoms with Crippen LogP contribution in [0, 0.1) is 12.7 Å².